The van der Waals surface area contributed by atoms with Crippen molar-refractivity contribution >= 4 is 11.9 Å². The quantitative estimate of drug-likeness (QED) is 0.0856. The molecule has 0 spiro atoms. The summed E-state index contributed by atoms with van der Waals surface area (Å²) in [4.78, 5) is 26.1. The maximum absolute atomic E-state index is 13.2. The lowest BCUT2D eigenvalue weighted by Crippen LogP contribution is -2.55. The minimum atomic E-state index is -0.495. The number of hydrogen-bond donors (Lipinski definition) is 4. The molecule has 7 heteroatoms. The molecule has 0 bridgehead atoms. The zero-order chi connectivity index (χ0) is 37.8. The van der Waals surface area contributed by atoms with Crippen LogP contribution in [0.5, 0.6) is 0 Å². The molecule has 3 amide bonds. The van der Waals surface area contributed by atoms with Gasteiger partial charge in [0.1, 0.15) is 0 Å². The van der Waals surface area contributed by atoms with E-state index in [0.717, 1.165) is 57.2 Å². The summed E-state index contributed by atoms with van der Waals surface area (Å²) in [5.74, 6) is 1.44. The molecule has 1 saturated carbocycles. The van der Waals surface area contributed by atoms with Crippen LogP contribution in [-0.2, 0) is 4.79 Å². The van der Waals surface area contributed by atoms with Crippen molar-refractivity contribution in [2.24, 2.45) is 46.0 Å². The van der Waals surface area contributed by atoms with E-state index in [4.69, 9.17) is 11.5 Å². The Hall–Kier alpha value is -2.28. The topological polar surface area (TPSA) is 113 Å². The number of nitrogens with zero attached hydrogens (tertiary/aromatic N) is 1. The summed E-state index contributed by atoms with van der Waals surface area (Å²) < 4.78 is 0. The lowest BCUT2D eigenvalue weighted by molar-refractivity contribution is -0.114. The van der Waals surface area contributed by atoms with E-state index < -0.39 is 5.91 Å². The first-order valence-electron chi connectivity index (χ1n) is 19.1. The average molecular weight is 676 g/mol. The Bertz CT molecular complexity index is 947. The van der Waals surface area contributed by atoms with Crippen LogP contribution in [0.1, 0.15) is 147 Å². The summed E-state index contributed by atoms with van der Waals surface area (Å²) in [5.41, 5.74) is 12.4. The highest BCUT2D eigenvalue weighted by Crippen LogP contribution is 2.42. The molecule has 0 aromatic carbocycles. The molecule has 6 N–H and O–H groups in total. The van der Waals surface area contributed by atoms with Gasteiger partial charge in [0.05, 0.1) is 6.04 Å². The van der Waals surface area contributed by atoms with Gasteiger partial charge in [-0.2, -0.15) is 0 Å². The highest BCUT2D eigenvalue weighted by Gasteiger charge is 2.39. The lowest BCUT2D eigenvalue weighted by atomic mass is 9.69. The molecular weight excluding hydrogens is 594 g/mol. The summed E-state index contributed by atoms with van der Waals surface area (Å²) in [6.45, 7) is 39.4. The first kappa shape index (κ1) is 47.8. The summed E-state index contributed by atoms with van der Waals surface area (Å²) in [5, 5.41) is 6.67. The minimum absolute atomic E-state index is 0.0385. The number of hydrogen-bond acceptors (Lipinski definition) is 4. The predicted molar refractivity (Wildman–Crippen MR) is 211 cm³/mol. The smallest absolute Gasteiger partial charge is 0.315 e. The normalized spacial score (nSPS) is 17.8. The summed E-state index contributed by atoms with van der Waals surface area (Å²) >= 11 is 0. The Morgan fingerprint density at radius 3 is 1.94 bits per heavy atom. The van der Waals surface area contributed by atoms with Gasteiger partial charge in [-0.1, -0.05) is 134 Å². The Balaban J connectivity index is 0. The molecule has 0 aromatic rings. The summed E-state index contributed by atoms with van der Waals surface area (Å²) in [6.07, 6.45) is 13.1. The number of likely N-dealkylation sites (N-methyl/N-ethyl adjacent to an activating group) is 1. The van der Waals surface area contributed by atoms with Crippen molar-refractivity contribution in [2.45, 2.75) is 165 Å². The van der Waals surface area contributed by atoms with Crippen molar-refractivity contribution in [3.05, 3.63) is 37.1 Å². The third-order valence-electron chi connectivity index (χ3n) is 10.5. The number of urea groups is 1. The standard InChI is InChI=1S/C30H57N3O.C9H18N2O.C2H6/c1-12-17-26(22(3)4)31-28(34)32-27(30(10)19-15-14-16-20-30)24(6)33(11)21-18-25(23(5)13-2)29(7,8)9;1-4-6(2)5-8(10)7(3)9(11)12;1-2/h13,22-23,25-27H,2,6,12,14-21H2,1,3-5,7-11H3,(H2,31,32,34);6,8H,3-5,10H2,1-2H3,(H2,11,12);1-2H3/t23?,25-,26?,27?;;/m0../s1. The number of carbonyl (C=O) groups excluding carboxylic acids is 2. The van der Waals surface area contributed by atoms with Crippen LogP contribution in [0.2, 0.25) is 0 Å². The van der Waals surface area contributed by atoms with Gasteiger partial charge >= 0.3 is 6.03 Å². The van der Waals surface area contributed by atoms with Crippen LogP contribution in [0.4, 0.5) is 4.79 Å². The van der Waals surface area contributed by atoms with Crippen molar-refractivity contribution in [1.29, 1.82) is 0 Å². The number of carbonyl (C=O) groups is 2. The molecule has 1 fully saturated rings. The van der Waals surface area contributed by atoms with Gasteiger partial charge in [0, 0.05) is 36.9 Å². The fourth-order valence-corrected chi connectivity index (χ4v) is 6.80. The number of nitrogens with two attached hydrogens (primary N) is 2. The Morgan fingerprint density at radius 1 is 0.979 bits per heavy atom. The van der Waals surface area contributed by atoms with Gasteiger partial charge in [-0.25, -0.2) is 4.79 Å². The minimum Gasteiger partial charge on any atom is -0.377 e. The molecule has 48 heavy (non-hydrogen) atoms. The van der Waals surface area contributed by atoms with Gasteiger partial charge in [0.15, 0.2) is 0 Å². The highest BCUT2D eigenvalue weighted by molar-refractivity contribution is 5.92. The number of allylic oxidation sites excluding steroid dienone is 1. The van der Waals surface area contributed by atoms with Gasteiger partial charge < -0.3 is 27.0 Å². The largest absolute Gasteiger partial charge is 0.377 e. The first-order chi connectivity index (χ1) is 22.2. The zero-order valence-electron chi connectivity index (χ0n) is 33.9. The molecule has 0 radical (unpaired) electrons. The predicted octanol–water partition coefficient (Wildman–Crippen LogP) is 9.59. The Labute approximate surface area is 298 Å². The van der Waals surface area contributed by atoms with E-state index >= 15 is 0 Å². The number of primary amides is 1. The van der Waals surface area contributed by atoms with Gasteiger partial charge in [0.25, 0.3) is 0 Å². The summed E-state index contributed by atoms with van der Waals surface area (Å²) in [6, 6.07) is -0.190. The maximum Gasteiger partial charge on any atom is 0.315 e. The van der Waals surface area contributed by atoms with Crippen LogP contribution in [0, 0.1) is 34.5 Å². The maximum atomic E-state index is 13.2. The second-order valence-electron chi connectivity index (χ2n) is 15.9. The van der Waals surface area contributed by atoms with Crippen LogP contribution in [0.15, 0.2) is 37.1 Å². The SMILES string of the molecule is C=C(C(N)=O)C(N)CC(C)CC.C=CC(C)[C@H](CCN(C)C(=C)C(NC(=O)NC(CCC)C(C)C)C1(C)CCCCC1)C(C)(C)C.CC. The monoisotopic (exact) mass is 676 g/mol. The van der Waals surface area contributed by atoms with Gasteiger partial charge in [0.2, 0.25) is 5.91 Å². The van der Waals surface area contributed by atoms with Crippen LogP contribution >= 0.6 is 0 Å². The van der Waals surface area contributed by atoms with Gasteiger partial charge in [-0.05, 0) is 66.6 Å². The van der Waals surface area contributed by atoms with E-state index in [9.17, 15) is 9.59 Å². The molecule has 5 unspecified atom stereocenters. The lowest BCUT2D eigenvalue weighted by Gasteiger charge is -2.45. The second kappa shape index (κ2) is 24.0. The van der Waals surface area contributed by atoms with Crippen molar-refractivity contribution in [1.82, 2.24) is 15.5 Å². The second-order valence-corrected chi connectivity index (χ2v) is 15.9. The van der Waals surface area contributed by atoms with Crippen LogP contribution in [-0.4, -0.2) is 48.6 Å². The molecule has 0 aromatic heterocycles. The third kappa shape index (κ3) is 17.4. The van der Waals surface area contributed by atoms with Gasteiger partial charge in [-0.15, -0.1) is 6.58 Å². The number of nitrogens with one attached hydrogen (secondary N) is 2. The van der Waals surface area contributed by atoms with Crippen molar-refractivity contribution < 1.29 is 9.59 Å². The molecule has 1 aliphatic carbocycles. The molecule has 0 saturated heterocycles. The van der Waals surface area contributed by atoms with Crippen molar-refractivity contribution in [2.75, 3.05) is 13.6 Å². The molecule has 282 valence electrons. The fraction of sp³-hybridized carbons (Fsp3) is 0.805. The van der Waals surface area contributed by atoms with E-state index in [1.54, 1.807) is 0 Å². The van der Waals surface area contributed by atoms with Crippen LogP contribution in [0.25, 0.3) is 0 Å². The molecule has 1 aliphatic rings. The fourth-order valence-electron chi connectivity index (χ4n) is 6.80. The van der Waals surface area contributed by atoms with E-state index in [1.807, 2.05) is 13.8 Å². The van der Waals surface area contributed by atoms with Crippen molar-refractivity contribution in [3.63, 3.8) is 0 Å². The summed E-state index contributed by atoms with van der Waals surface area (Å²) in [7, 11) is 2.15. The highest BCUT2D eigenvalue weighted by atomic mass is 16.2. The average Bonchev–Trinajstić information content (AvgIpc) is 3.03. The van der Waals surface area contributed by atoms with E-state index in [1.165, 1.54) is 19.3 Å². The van der Waals surface area contributed by atoms with E-state index in [0.29, 0.717) is 29.2 Å². The molecular formula is C41H81N5O2. The zero-order valence-corrected chi connectivity index (χ0v) is 33.9. The van der Waals surface area contributed by atoms with Gasteiger partial charge in [-0.3, -0.25) is 4.79 Å². The molecule has 0 aliphatic heterocycles. The Morgan fingerprint density at radius 2 is 1.52 bits per heavy atom. The molecule has 7 nitrogen and oxygen atoms in total. The first-order valence-corrected chi connectivity index (χ1v) is 19.1. The number of rotatable bonds is 18. The van der Waals surface area contributed by atoms with Crippen LogP contribution < -0.4 is 22.1 Å². The van der Waals surface area contributed by atoms with E-state index in [-0.39, 0.29) is 35.0 Å². The molecule has 6 atom stereocenters. The van der Waals surface area contributed by atoms with Crippen molar-refractivity contribution in [3.8, 4) is 0 Å². The van der Waals surface area contributed by atoms with Crippen LogP contribution in [0.3, 0.4) is 0 Å². The third-order valence-corrected chi connectivity index (χ3v) is 10.5. The van der Waals surface area contributed by atoms with E-state index in [2.05, 4.69) is 118 Å². The molecule has 1 rings (SSSR count). The molecule has 0 heterocycles. The number of amides is 3. The Kier molecular flexibility index (Phi) is 23.9.